The lowest BCUT2D eigenvalue weighted by atomic mass is 9.90. The Labute approximate surface area is 83.8 Å². The van der Waals surface area contributed by atoms with Gasteiger partial charge in [-0.25, -0.2) is 12.8 Å². The van der Waals surface area contributed by atoms with Crippen molar-refractivity contribution in [1.29, 1.82) is 0 Å². The van der Waals surface area contributed by atoms with Gasteiger partial charge in [-0.15, -0.1) is 0 Å². The largest absolute Gasteiger partial charge is 0.325 e. The van der Waals surface area contributed by atoms with Gasteiger partial charge in [0.05, 0.1) is 11.5 Å². The smallest absolute Gasteiger partial charge is 0.150 e. The lowest BCUT2D eigenvalue weighted by Crippen LogP contribution is -2.41. The Morgan fingerprint density at radius 2 is 1.64 bits per heavy atom. The zero-order chi connectivity index (χ0) is 10.4. The van der Waals surface area contributed by atoms with E-state index < -0.39 is 15.5 Å². The van der Waals surface area contributed by atoms with Crippen molar-refractivity contribution in [3.63, 3.8) is 0 Å². The standard InChI is InChI=1S/C9H16FNO2S/c10-8(7-9(11)1-2-9)3-5-14(12,13)6-4-8/h1-7,11H2. The second-order valence-electron chi connectivity index (χ2n) is 4.84. The molecule has 0 aromatic heterocycles. The third kappa shape index (κ3) is 2.25. The maximum absolute atomic E-state index is 14.1. The van der Waals surface area contributed by atoms with Crippen molar-refractivity contribution in [2.24, 2.45) is 5.73 Å². The average Bonchev–Trinajstić information content (AvgIpc) is 2.76. The van der Waals surface area contributed by atoms with E-state index >= 15 is 0 Å². The third-order valence-corrected chi connectivity index (χ3v) is 4.94. The molecule has 1 saturated carbocycles. The minimum atomic E-state index is -2.97. The Kier molecular flexibility index (Phi) is 2.16. The molecule has 14 heavy (non-hydrogen) atoms. The first-order chi connectivity index (χ1) is 6.33. The van der Waals surface area contributed by atoms with Crippen LogP contribution in [-0.2, 0) is 9.84 Å². The molecule has 1 aliphatic carbocycles. The van der Waals surface area contributed by atoms with Crippen molar-refractivity contribution >= 4 is 9.84 Å². The predicted octanol–water partition coefficient (Wildman–Crippen LogP) is 0.785. The van der Waals surface area contributed by atoms with Crippen molar-refractivity contribution in [2.45, 2.75) is 43.3 Å². The van der Waals surface area contributed by atoms with Crippen molar-refractivity contribution in [2.75, 3.05) is 11.5 Å². The molecule has 2 rings (SSSR count). The highest BCUT2D eigenvalue weighted by Gasteiger charge is 2.48. The zero-order valence-corrected chi connectivity index (χ0v) is 8.95. The quantitative estimate of drug-likeness (QED) is 0.749. The van der Waals surface area contributed by atoms with Crippen molar-refractivity contribution in [1.82, 2.24) is 0 Å². The van der Waals surface area contributed by atoms with E-state index in [0.29, 0.717) is 6.42 Å². The summed E-state index contributed by atoms with van der Waals surface area (Å²) >= 11 is 0. The second-order valence-corrected chi connectivity index (χ2v) is 7.15. The molecule has 2 N–H and O–H groups in total. The minimum Gasteiger partial charge on any atom is -0.325 e. The number of alkyl halides is 1. The van der Waals surface area contributed by atoms with Crippen LogP contribution < -0.4 is 5.73 Å². The second kappa shape index (κ2) is 2.92. The fourth-order valence-corrected chi connectivity index (χ4v) is 3.61. The van der Waals surface area contributed by atoms with Crippen LogP contribution in [0.15, 0.2) is 0 Å². The molecule has 1 heterocycles. The van der Waals surface area contributed by atoms with Crippen molar-refractivity contribution in [3.05, 3.63) is 0 Å². The maximum Gasteiger partial charge on any atom is 0.150 e. The highest BCUT2D eigenvalue weighted by Crippen LogP contribution is 2.44. The van der Waals surface area contributed by atoms with Crippen LogP contribution in [0.3, 0.4) is 0 Å². The summed E-state index contributed by atoms with van der Waals surface area (Å²) in [5.74, 6) is -0.0286. The average molecular weight is 221 g/mol. The molecule has 0 bridgehead atoms. The molecule has 0 unspecified atom stereocenters. The molecule has 0 spiro atoms. The summed E-state index contributed by atoms with van der Waals surface area (Å²) < 4.78 is 36.4. The van der Waals surface area contributed by atoms with E-state index in [1.807, 2.05) is 0 Å². The van der Waals surface area contributed by atoms with Crippen LogP contribution in [-0.4, -0.2) is 31.1 Å². The van der Waals surface area contributed by atoms with E-state index in [0.717, 1.165) is 12.8 Å². The van der Waals surface area contributed by atoms with Crippen LogP contribution in [0, 0.1) is 0 Å². The van der Waals surface area contributed by atoms with E-state index in [9.17, 15) is 12.8 Å². The molecule has 2 fully saturated rings. The van der Waals surface area contributed by atoms with Gasteiger partial charge in [0, 0.05) is 5.54 Å². The highest BCUT2D eigenvalue weighted by atomic mass is 32.2. The summed E-state index contributed by atoms with van der Waals surface area (Å²) in [7, 11) is -2.97. The summed E-state index contributed by atoms with van der Waals surface area (Å²) in [6, 6.07) is 0. The summed E-state index contributed by atoms with van der Waals surface area (Å²) in [6.07, 6.45) is 2.37. The Balaban J connectivity index is 1.98. The molecule has 3 nitrogen and oxygen atoms in total. The van der Waals surface area contributed by atoms with Crippen molar-refractivity contribution < 1.29 is 12.8 Å². The van der Waals surface area contributed by atoms with Gasteiger partial charge in [0.1, 0.15) is 5.67 Å². The molecule has 0 aromatic carbocycles. The number of rotatable bonds is 2. The van der Waals surface area contributed by atoms with Gasteiger partial charge in [-0.3, -0.25) is 0 Å². The van der Waals surface area contributed by atoms with Gasteiger partial charge >= 0.3 is 0 Å². The monoisotopic (exact) mass is 221 g/mol. The summed E-state index contributed by atoms with van der Waals surface area (Å²) in [6.45, 7) is 0. The third-order valence-electron chi connectivity index (χ3n) is 3.28. The molecule has 2 aliphatic rings. The summed E-state index contributed by atoms with van der Waals surface area (Å²) in [4.78, 5) is 0. The zero-order valence-electron chi connectivity index (χ0n) is 8.13. The van der Waals surface area contributed by atoms with Gasteiger partial charge in [-0.1, -0.05) is 0 Å². The number of hydrogen-bond acceptors (Lipinski definition) is 3. The van der Waals surface area contributed by atoms with Crippen LogP contribution in [0.4, 0.5) is 4.39 Å². The van der Waals surface area contributed by atoms with Crippen LogP contribution in [0.25, 0.3) is 0 Å². The fraction of sp³-hybridized carbons (Fsp3) is 1.00. The predicted molar refractivity (Wildman–Crippen MR) is 52.5 cm³/mol. The molecule has 1 saturated heterocycles. The molecule has 0 atom stereocenters. The molecule has 1 aliphatic heterocycles. The number of halogens is 1. The first-order valence-corrected chi connectivity index (χ1v) is 6.83. The van der Waals surface area contributed by atoms with E-state index in [2.05, 4.69) is 0 Å². The first-order valence-electron chi connectivity index (χ1n) is 5.01. The van der Waals surface area contributed by atoms with E-state index in [1.165, 1.54) is 0 Å². The summed E-state index contributed by atoms with van der Waals surface area (Å²) in [5, 5.41) is 0. The molecule has 0 aromatic rings. The number of hydrogen-bond donors (Lipinski definition) is 1. The molecule has 0 amide bonds. The van der Waals surface area contributed by atoms with Gasteiger partial charge in [-0.2, -0.15) is 0 Å². The van der Waals surface area contributed by atoms with E-state index in [4.69, 9.17) is 5.73 Å². The van der Waals surface area contributed by atoms with Crippen LogP contribution in [0.5, 0.6) is 0 Å². The minimum absolute atomic E-state index is 0.0143. The number of sulfone groups is 1. The van der Waals surface area contributed by atoms with E-state index in [-0.39, 0.29) is 29.9 Å². The molecule has 5 heteroatoms. The van der Waals surface area contributed by atoms with Gasteiger partial charge in [-0.05, 0) is 32.1 Å². The van der Waals surface area contributed by atoms with Gasteiger partial charge in [0.15, 0.2) is 9.84 Å². The lowest BCUT2D eigenvalue weighted by molar-refractivity contribution is 0.120. The molecular formula is C9H16FNO2S. The van der Waals surface area contributed by atoms with Crippen LogP contribution in [0.2, 0.25) is 0 Å². The van der Waals surface area contributed by atoms with Crippen LogP contribution >= 0.6 is 0 Å². The molecule has 82 valence electrons. The fourth-order valence-electron chi connectivity index (χ4n) is 2.05. The topological polar surface area (TPSA) is 60.2 Å². The Morgan fingerprint density at radius 3 is 2.07 bits per heavy atom. The van der Waals surface area contributed by atoms with E-state index in [1.54, 1.807) is 0 Å². The lowest BCUT2D eigenvalue weighted by Gasteiger charge is -2.31. The van der Waals surface area contributed by atoms with Crippen molar-refractivity contribution in [3.8, 4) is 0 Å². The Hall–Kier alpha value is -0.160. The first kappa shape index (κ1) is 10.4. The maximum atomic E-state index is 14.1. The van der Waals surface area contributed by atoms with Gasteiger partial charge in [0.25, 0.3) is 0 Å². The highest BCUT2D eigenvalue weighted by molar-refractivity contribution is 7.91. The van der Waals surface area contributed by atoms with Gasteiger partial charge < -0.3 is 5.73 Å². The normalized spacial score (nSPS) is 32.4. The SMILES string of the molecule is NC1(CC2(F)CCS(=O)(=O)CC2)CC1. The number of nitrogens with two attached hydrogens (primary N) is 1. The van der Waals surface area contributed by atoms with Gasteiger partial charge in [0.2, 0.25) is 0 Å². The van der Waals surface area contributed by atoms with Crippen LogP contribution in [0.1, 0.15) is 32.1 Å². The Bertz CT molecular complexity index is 321. The summed E-state index contributed by atoms with van der Waals surface area (Å²) in [5.41, 5.74) is 4.19. The molecule has 0 radical (unpaired) electrons. The Morgan fingerprint density at radius 1 is 1.14 bits per heavy atom. The molecular weight excluding hydrogens is 205 g/mol.